The molecule has 0 fully saturated rings. The highest BCUT2D eigenvalue weighted by molar-refractivity contribution is 14.1. The van der Waals surface area contributed by atoms with Gasteiger partial charge in [0.05, 0.1) is 11.1 Å². The monoisotopic (exact) mass is 419 g/mol. The van der Waals surface area contributed by atoms with Gasteiger partial charge in [-0.25, -0.2) is 0 Å². The van der Waals surface area contributed by atoms with Crippen molar-refractivity contribution in [3.63, 3.8) is 0 Å². The number of hydrogen-bond acceptors (Lipinski definition) is 2. The third-order valence-corrected chi connectivity index (χ3v) is 5.98. The number of amides is 1. The van der Waals surface area contributed by atoms with E-state index in [9.17, 15) is 4.79 Å². The fraction of sp³-hybridized carbons (Fsp3) is 0.267. The maximum Gasteiger partial charge on any atom is 0.254 e. The Balaban J connectivity index is 2.21. The molecule has 20 heavy (non-hydrogen) atoms. The van der Waals surface area contributed by atoms with Gasteiger partial charge in [0.1, 0.15) is 0 Å². The number of nitrogens with zero attached hydrogens (tertiary/aromatic N) is 1. The average molecular weight is 420 g/mol. The topological polar surface area (TPSA) is 20.3 Å². The van der Waals surface area contributed by atoms with Gasteiger partial charge in [-0.3, -0.25) is 4.79 Å². The Kier molecular flexibility index (Phi) is 5.09. The molecule has 2 aromatic rings. The Morgan fingerprint density at radius 2 is 2.05 bits per heavy atom. The van der Waals surface area contributed by atoms with E-state index in [4.69, 9.17) is 11.6 Å². The van der Waals surface area contributed by atoms with Crippen LogP contribution < -0.4 is 0 Å². The van der Waals surface area contributed by atoms with E-state index in [2.05, 4.69) is 41.6 Å². The minimum atomic E-state index is -0.0122. The van der Waals surface area contributed by atoms with Crippen LogP contribution in [-0.2, 0) is 0 Å². The molecule has 1 amide bonds. The lowest BCUT2D eigenvalue weighted by atomic mass is 10.1. The third-order valence-electron chi connectivity index (χ3n) is 3.24. The van der Waals surface area contributed by atoms with E-state index in [0.29, 0.717) is 10.6 Å². The van der Waals surface area contributed by atoms with Crippen molar-refractivity contribution < 1.29 is 4.79 Å². The van der Waals surface area contributed by atoms with Crippen molar-refractivity contribution >= 4 is 51.4 Å². The van der Waals surface area contributed by atoms with Crippen molar-refractivity contribution in [1.82, 2.24) is 4.90 Å². The summed E-state index contributed by atoms with van der Waals surface area (Å²) in [7, 11) is 1.83. The molecule has 1 aromatic carbocycles. The Labute approximate surface area is 141 Å². The van der Waals surface area contributed by atoms with Crippen molar-refractivity contribution in [3.8, 4) is 0 Å². The van der Waals surface area contributed by atoms with Crippen LogP contribution in [0.4, 0.5) is 0 Å². The highest BCUT2D eigenvalue weighted by Gasteiger charge is 2.20. The number of hydrogen-bond donors (Lipinski definition) is 0. The van der Waals surface area contributed by atoms with Gasteiger partial charge < -0.3 is 4.90 Å². The predicted molar refractivity (Wildman–Crippen MR) is 93.7 cm³/mol. The van der Waals surface area contributed by atoms with Crippen LogP contribution in [0.15, 0.2) is 30.3 Å². The van der Waals surface area contributed by atoms with Crippen molar-refractivity contribution in [2.24, 2.45) is 0 Å². The molecule has 0 saturated carbocycles. The Morgan fingerprint density at radius 3 is 2.60 bits per heavy atom. The smallest absolute Gasteiger partial charge is 0.254 e. The second kappa shape index (κ2) is 6.45. The van der Waals surface area contributed by atoms with Crippen molar-refractivity contribution in [2.45, 2.75) is 19.9 Å². The highest BCUT2D eigenvalue weighted by atomic mass is 127. The average Bonchev–Trinajstić information content (AvgIpc) is 2.86. The molecular weight excluding hydrogens is 405 g/mol. The lowest BCUT2D eigenvalue weighted by molar-refractivity contribution is 0.0745. The second-order valence-corrected chi connectivity index (χ2v) is 7.56. The van der Waals surface area contributed by atoms with Crippen LogP contribution in [0.25, 0.3) is 0 Å². The summed E-state index contributed by atoms with van der Waals surface area (Å²) < 4.78 is 0.949. The van der Waals surface area contributed by atoms with Crippen LogP contribution in [0.3, 0.4) is 0 Å². The van der Waals surface area contributed by atoms with E-state index in [1.807, 2.05) is 26.1 Å². The molecule has 1 unspecified atom stereocenters. The summed E-state index contributed by atoms with van der Waals surface area (Å²) in [5, 5.41) is 0.615. The van der Waals surface area contributed by atoms with E-state index in [0.717, 1.165) is 3.57 Å². The molecule has 0 saturated heterocycles. The number of benzene rings is 1. The zero-order valence-corrected chi connectivity index (χ0v) is 15.2. The van der Waals surface area contributed by atoms with Crippen molar-refractivity contribution in [1.29, 1.82) is 0 Å². The summed E-state index contributed by atoms with van der Waals surface area (Å²) in [4.78, 5) is 16.7. The Bertz CT molecular complexity index is 641. The summed E-state index contributed by atoms with van der Waals surface area (Å²) in [5.74, 6) is -0.0122. The molecule has 1 heterocycles. The van der Waals surface area contributed by atoms with E-state index in [1.54, 1.807) is 22.3 Å². The number of aryl methyl sites for hydroxylation is 1. The molecule has 106 valence electrons. The minimum Gasteiger partial charge on any atom is -0.334 e. The lowest BCUT2D eigenvalue weighted by Crippen LogP contribution is -2.29. The molecule has 2 nitrogen and oxygen atoms in total. The van der Waals surface area contributed by atoms with E-state index >= 15 is 0 Å². The van der Waals surface area contributed by atoms with Crippen LogP contribution in [-0.4, -0.2) is 17.9 Å². The normalized spacial score (nSPS) is 12.2. The number of thiophene rings is 1. The van der Waals surface area contributed by atoms with Gasteiger partial charge in [0.25, 0.3) is 5.91 Å². The molecular formula is C15H15ClINOS. The Morgan fingerprint density at radius 1 is 1.35 bits per heavy atom. The molecule has 0 aliphatic heterocycles. The number of carbonyl (C=O) groups excluding carboxylic acids is 1. The zero-order chi connectivity index (χ0) is 14.9. The van der Waals surface area contributed by atoms with Crippen LogP contribution in [0, 0.1) is 10.5 Å². The molecule has 0 aliphatic carbocycles. The minimum absolute atomic E-state index is 0.0122. The molecule has 1 atom stereocenters. The molecule has 1 aromatic heterocycles. The van der Waals surface area contributed by atoms with Gasteiger partial charge in [-0.05, 0) is 66.8 Å². The van der Waals surface area contributed by atoms with Gasteiger partial charge in [-0.15, -0.1) is 11.3 Å². The standard InChI is InChI=1S/C15H15ClINOS/c1-9-4-7-14(20-9)10(2)18(3)15(19)11-5-6-13(17)12(16)8-11/h4-8,10H,1-3H3. The summed E-state index contributed by atoms with van der Waals surface area (Å²) in [6.45, 7) is 4.11. The molecule has 0 spiro atoms. The first-order valence-electron chi connectivity index (χ1n) is 6.18. The van der Waals surface area contributed by atoms with Gasteiger partial charge in [0.2, 0.25) is 0 Å². The highest BCUT2D eigenvalue weighted by Crippen LogP contribution is 2.28. The van der Waals surface area contributed by atoms with Crippen molar-refractivity contribution in [3.05, 3.63) is 54.2 Å². The van der Waals surface area contributed by atoms with Gasteiger partial charge in [-0.1, -0.05) is 11.6 Å². The van der Waals surface area contributed by atoms with Gasteiger partial charge >= 0.3 is 0 Å². The molecule has 0 aliphatic rings. The fourth-order valence-electron chi connectivity index (χ4n) is 1.88. The number of halogens is 2. The largest absolute Gasteiger partial charge is 0.334 e. The number of rotatable bonds is 3. The first-order valence-corrected chi connectivity index (χ1v) is 8.46. The molecule has 0 radical (unpaired) electrons. The van der Waals surface area contributed by atoms with Crippen LogP contribution in [0.2, 0.25) is 5.02 Å². The maximum atomic E-state index is 12.5. The van der Waals surface area contributed by atoms with Gasteiger partial charge in [0.15, 0.2) is 0 Å². The maximum absolute atomic E-state index is 12.5. The number of carbonyl (C=O) groups is 1. The van der Waals surface area contributed by atoms with E-state index in [1.165, 1.54) is 9.75 Å². The first kappa shape index (κ1) is 15.8. The summed E-state index contributed by atoms with van der Waals surface area (Å²) in [6.07, 6.45) is 0. The summed E-state index contributed by atoms with van der Waals surface area (Å²) >= 11 is 9.96. The molecule has 5 heteroatoms. The summed E-state index contributed by atoms with van der Waals surface area (Å²) in [5.41, 5.74) is 0.623. The van der Waals surface area contributed by atoms with Crippen molar-refractivity contribution in [2.75, 3.05) is 7.05 Å². The molecule has 0 bridgehead atoms. The van der Waals surface area contributed by atoms with Gasteiger partial charge in [0, 0.05) is 25.9 Å². The molecule has 2 rings (SSSR count). The van der Waals surface area contributed by atoms with Crippen LogP contribution >= 0.6 is 45.5 Å². The first-order chi connectivity index (χ1) is 9.40. The van der Waals surface area contributed by atoms with E-state index < -0.39 is 0 Å². The SMILES string of the molecule is Cc1ccc(C(C)N(C)C(=O)c2ccc(I)c(Cl)c2)s1. The third kappa shape index (κ3) is 3.35. The van der Waals surface area contributed by atoms with Gasteiger partial charge in [-0.2, -0.15) is 0 Å². The van der Waals surface area contributed by atoms with E-state index in [-0.39, 0.29) is 11.9 Å². The quantitative estimate of drug-likeness (QED) is 0.630. The lowest BCUT2D eigenvalue weighted by Gasteiger charge is -2.24. The Hall–Kier alpha value is -0.590. The molecule has 0 N–H and O–H groups in total. The van der Waals surface area contributed by atoms with Crippen LogP contribution in [0.1, 0.15) is 33.1 Å². The summed E-state index contributed by atoms with van der Waals surface area (Å²) in [6, 6.07) is 9.63. The second-order valence-electron chi connectivity index (χ2n) is 4.67. The fourth-order valence-corrected chi connectivity index (χ4v) is 3.37. The predicted octanol–water partition coefficient (Wildman–Crippen LogP) is 5.15. The van der Waals surface area contributed by atoms with Crippen LogP contribution in [0.5, 0.6) is 0 Å². The zero-order valence-electron chi connectivity index (χ0n) is 11.5.